The minimum Gasteiger partial charge on any atom is -0.482 e. The highest BCUT2D eigenvalue weighted by atomic mass is 32.2. The van der Waals surface area contributed by atoms with E-state index in [1.165, 1.54) is 18.2 Å². The van der Waals surface area contributed by atoms with Crippen LogP contribution in [0.25, 0.3) is 11.1 Å². The second-order valence-electron chi connectivity index (χ2n) is 5.18. The summed E-state index contributed by atoms with van der Waals surface area (Å²) in [5, 5.41) is 2.87. The van der Waals surface area contributed by atoms with Crippen molar-refractivity contribution in [3.05, 3.63) is 48.5 Å². The molecule has 0 fully saturated rings. The first-order valence-electron chi connectivity index (χ1n) is 7.47. The molecule has 1 amide bonds. The molecule has 3 rings (SSSR count). The van der Waals surface area contributed by atoms with E-state index in [4.69, 9.17) is 9.15 Å². The summed E-state index contributed by atoms with van der Waals surface area (Å²) < 4.78 is 47.1. The van der Waals surface area contributed by atoms with Gasteiger partial charge in [0.1, 0.15) is 11.3 Å². The average molecular weight is 382 g/mol. The van der Waals surface area contributed by atoms with Crippen LogP contribution in [0.5, 0.6) is 5.75 Å². The number of para-hydroxylation sites is 4. The molecule has 1 N–H and O–H groups in total. The molecule has 2 aromatic carbocycles. The summed E-state index contributed by atoms with van der Waals surface area (Å²) >= 11 is 1.09. The Balaban J connectivity index is 1.59. The van der Waals surface area contributed by atoms with Gasteiger partial charge in [-0.15, -0.1) is 0 Å². The van der Waals surface area contributed by atoms with Gasteiger partial charge in [-0.2, -0.15) is 13.2 Å². The highest BCUT2D eigenvalue weighted by Crippen LogP contribution is 2.27. The number of thioether (sulfide) groups is 1. The molecule has 0 saturated heterocycles. The highest BCUT2D eigenvalue weighted by molar-refractivity contribution is 7.99. The molecule has 136 valence electrons. The first-order valence-corrected chi connectivity index (χ1v) is 8.46. The molecular weight excluding hydrogens is 369 g/mol. The number of benzene rings is 2. The number of carbonyl (C=O) groups excluding carboxylic acids is 1. The van der Waals surface area contributed by atoms with Crippen molar-refractivity contribution in [2.45, 2.75) is 11.4 Å². The Hall–Kier alpha value is -2.68. The number of nitrogens with one attached hydrogen (secondary N) is 1. The van der Waals surface area contributed by atoms with E-state index in [0.717, 1.165) is 11.8 Å². The highest BCUT2D eigenvalue weighted by Gasteiger charge is 2.28. The monoisotopic (exact) mass is 382 g/mol. The van der Waals surface area contributed by atoms with Gasteiger partial charge >= 0.3 is 6.18 Å². The summed E-state index contributed by atoms with van der Waals surface area (Å²) in [5.41, 5.74) is 1.46. The molecular formula is C17H13F3N2O3S. The summed E-state index contributed by atoms with van der Waals surface area (Å²) in [6, 6.07) is 13.1. The minimum absolute atomic E-state index is 0.0135. The number of amides is 1. The second-order valence-corrected chi connectivity index (χ2v) is 6.11. The Bertz CT molecular complexity index is 878. The smallest absolute Gasteiger partial charge is 0.422 e. The van der Waals surface area contributed by atoms with Gasteiger partial charge in [-0.25, -0.2) is 4.98 Å². The average Bonchev–Trinajstić information content (AvgIpc) is 3.01. The van der Waals surface area contributed by atoms with E-state index in [9.17, 15) is 18.0 Å². The molecule has 0 aliphatic rings. The molecule has 3 aromatic rings. The lowest BCUT2D eigenvalue weighted by atomic mass is 10.3. The Kier molecular flexibility index (Phi) is 5.36. The minimum atomic E-state index is -4.46. The standard InChI is InChI=1S/C17H13F3N2O3S/c18-17(19,20)10-24-13-7-3-1-5-11(13)21-15(23)9-26-16-22-12-6-2-4-8-14(12)25-16/h1-8H,9-10H2,(H,21,23). The van der Waals surface area contributed by atoms with Gasteiger partial charge in [-0.3, -0.25) is 4.79 Å². The molecule has 0 radical (unpaired) electrons. The van der Waals surface area contributed by atoms with E-state index in [1.807, 2.05) is 12.1 Å². The Morgan fingerprint density at radius 1 is 1.15 bits per heavy atom. The normalized spacial score (nSPS) is 11.5. The van der Waals surface area contributed by atoms with Gasteiger partial charge in [0, 0.05) is 0 Å². The molecule has 1 aromatic heterocycles. The van der Waals surface area contributed by atoms with Gasteiger partial charge in [-0.05, 0) is 24.3 Å². The summed E-state index contributed by atoms with van der Waals surface area (Å²) in [7, 11) is 0. The number of fused-ring (bicyclic) bond motifs is 1. The number of rotatable bonds is 6. The predicted molar refractivity (Wildman–Crippen MR) is 91.4 cm³/mol. The zero-order chi connectivity index (χ0) is 18.6. The molecule has 1 heterocycles. The number of oxazole rings is 1. The lowest BCUT2D eigenvalue weighted by Crippen LogP contribution is -2.20. The fraction of sp³-hybridized carbons (Fsp3) is 0.176. The van der Waals surface area contributed by atoms with Crippen LogP contribution in [-0.2, 0) is 4.79 Å². The lowest BCUT2D eigenvalue weighted by Gasteiger charge is -2.13. The van der Waals surface area contributed by atoms with Crippen LogP contribution in [0, 0.1) is 0 Å². The fourth-order valence-electron chi connectivity index (χ4n) is 2.08. The fourth-order valence-corrected chi connectivity index (χ4v) is 2.72. The third-order valence-corrected chi connectivity index (χ3v) is 3.98. The summed E-state index contributed by atoms with van der Waals surface area (Å²) in [6.07, 6.45) is -4.46. The summed E-state index contributed by atoms with van der Waals surface area (Å²) in [5.74, 6) is -0.481. The van der Waals surface area contributed by atoms with Crippen molar-refractivity contribution in [2.24, 2.45) is 0 Å². The Morgan fingerprint density at radius 2 is 1.88 bits per heavy atom. The Morgan fingerprint density at radius 3 is 2.65 bits per heavy atom. The number of aromatic nitrogens is 1. The maximum absolute atomic E-state index is 12.3. The second kappa shape index (κ2) is 7.69. The van der Waals surface area contributed by atoms with Crippen LogP contribution in [-0.4, -0.2) is 29.4 Å². The SMILES string of the molecule is O=C(CSc1nc2ccccc2o1)Nc1ccccc1OCC(F)(F)F. The van der Waals surface area contributed by atoms with Crippen molar-refractivity contribution in [2.75, 3.05) is 17.7 Å². The zero-order valence-corrected chi connectivity index (χ0v) is 14.1. The predicted octanol–water partition coefficient (Wildman–Crippen LogP) is 4.50. The van der Waals surface area contributed by atoms with Crippen LogP contribution in [0.1, 0.15) is 0 Å². The summed E-state index contributed by atoms with van der Waals surface area (Å²) in [4.78, 5) is 16.3. The first kappa shape index (κ1) is 18.1. The van der Waals surface area contributed by atoms with Gasteiger partial charge in [0.05, 0.1) is 11.4 Å². The molecule has 9 heteroatoms. The number of ether oxygens (including phenoxy) is 1. The molecule has 0 spiro atoms. The molecule has 0 aliphatic heterocycles. The first-order chi connectivity index (χ1) is 12.4. The maximum atomic E-state index is 12.3. The third-order valence-electron chi connectivity index (χ3n) is 3.15. The number of anilines is 1. The van der Waals surface area contributed by atoms with Crippen molar-refractivity contribution in [1.29, 1.82) is 0 Å². The van der Waals surface area contributed by atoms with Gasteiger partial charge in [0.2, 0.25) is 5.91 Å². The molecule has 0 unspecified atom stereocenters. The van der Waals surface area contributed by atoms with Gasteiger partial charge in [0.15, 0.2) is 12.2 Å². The molecule has 5 nitrogen and oxygen atoms in total. The number of hydrogen-bond donors (Lipinski definition) is 1. The number of alkyl halides is 3. The van der Waals surface area contributed by atoms with E-state index in [1.54, 1.807) is 18.2 Å². The van der Waals surface area contributed by atoms with Crippen molar-refractivity contribution in [3.8, 4) is 5.75 Å². The van der Waals surface area contributed by atoms with Gasteiger partial charge < -0.3 is 14.5 Å². The lowest BCUT2D eigenvalue weighted by molar-refractivity contribution is -0.153. The molecule has 0 aliphatic carbocycles. The number of halogens is 3. The van der Waals surface area contributed by atoms with E-state index in [0.29, 0.717) is 16.3 Å². The number of carbonyl (C=O) groups is 1. The van der Waals surface area contributed by atoms with Crippen LogP contribution in [0.4, 0.5) is 18.9 Å². The van der Waals surface area contributed by atoms with Crippen molar-refractivity contribution in [3.63, 3.8) is 0 Å². The van der Waals surface area contributed by atoms with Crippen LogP contribution >= 0.6 is 11.8 Å². The van der Waals surface area contributed by atoms with Crippen LogP contribution in [0.15, 0.2) is 58.2 Å². The summed E-state index contributed by atoms with van der Waals surface area (Å²) in [6.45, 7) is -1.43. The van der Waals surface area contributed by atoms with Crippen LogP contribution in [0.3, 0.4) is 0 Å². The van der Waals surface area contributed by atoms with Crippen molar-refractivity contribution < 1.29 is 27.1 Å². The quantitative estimate of drug-likeness (QED) is 0.636. The van der Waals surface area contributed by atoms with Crippen molar-refractivity contribution >= 4 is 34.5 Å². The van der Waals surface area contributed by atoms with E-state index in [2.05, 4.69) is 10.3 Å². The van der Waals surface area contributed by atoms with Crippen LogP contribution in [0.2, 0.25) is 0 Å². The number of hydrogen-bond acceptors (Lipinski definition) is 5. The van der Waals surface area contributed by atoms with Crippen LogP contribution < -0.4 is 10.1 Å². The molecule has 0 bridgehead atoms. The van der Waals surface area contributed by atoms with Gasteiger partial charge in [-0.1, -0.05) is 36.0 Å². The largest absolute Gasteiger partial charge is 0.482 e. The molecule has 0 atom stereocenters. The van der Waals surface area contributed by atoms with E-state index < -0.39 is 18.7 Å². The maximum Gasteiger partial charge on any atom is 0.422 e. The topological polar surface area (TPSA) is 64.4 Å². The molecule has 26 heavy (non-hydrogen) atoms. The van der Waals surface area contributed by atoms with Gasteiger partial charge in [0.25, 0.3) is 5.22 Å². The van der Waals surface area contributed by atoms with Crippen molar-refractivity contribution in [1.82, 2.24) is 4.98 Å². The Labute approximate surface area is 150 Å². The molecule has 0 saturated carbocycles. The van der Waals surface area contributed by atoms with E-state index >= 15 is 0 Å². The zero-order valence-electron chi connectivity index (χ0n) is 13.2. The third kappa shape index (κ3) is 4.92. The number of nitrogens with zero attached hydrogens (tertiary/aromatic N) is 1. The van der Waals surface area contributed by atoms with E-state index in [-0.39, 0.29) is 17.2 Å².